The van der Waals surface area contributed by atoms with Crippen LogP contribution in [0.3, 0.4) is 0 Å². The molecule has 6 heteroatoms. The minimum Gasteiger partial charge on any atom is -0.396 e. The first-order valence-electron chi connectivity index (χ1n) is 7.52. The SMILES string of the molecule is CC1Cc2ccccc2N1S(=O)(=O)N1CCC(CO)CC1. The molecule has 1 N–H and O–H groups in total. The lowest BCUT2D eigenvalue weighted by Crippen LogP contribution is -2.49. The first kappa shape index (κ1) is 14.8. The molecular weight excluding hydrogens is 288 g/mol. The molecule has 1 aromatic carbocycles. The topological polar surface area (TPSA) is 60.9 Å². The number of anilines is 1. The lowest BCUT2D eigenvalue weighted by molar-refractivity contribution is 0.170. The number of hydrogen-bond acceptors (Lipinski definition) is 3. The van der Waals surface area contributed by atoms with Gasteiger partial charge in [0.2, 0.25) is 0 Å². The average molecular weight is 310 g/mol. The molecule has 0 radical (unpaired) electrons. The van der Waals surface area contributed by atoms with E-state index in [9.17, 15) is 13.5 Å². The van der Waals surface area contributed by atoms with Crippen molar-refractivity contribution in [2.24, 2.45) is 5.92 Å². The predicted octanol–water partition coefficient (Wildman–Crippen LogP) is 1.39. The van der Waals surface area contributed by atoms with Gasteiger partial charge in [0.1, 0.15) is 0 Å². The van der Waals surface area contributed by atoms with Crippen LogP contribution >= 0.6 is 0 Å². The van der Waals surface area contributed by atoms with Crippen molar-refractivity contribution >= 4 is 15.9 Å². The first-order valence-corrected chi connectivity index (χ1v) is 8.92. The summed E-state index contributed by atoms with van der Waals surface area (Å²) in [4.78, 5) is 0. The highest BCUT2D eigenvalue weighted by molar-refractivity contribution is 7.90. The molecule has 2 heterocycles. The summed E-state index contributed by atoms with van der Waals surface area (Å²) in [6.07, 6.45) is 2.24. The summed E-state index contributed by atoms with van der Waals surface area (Å²) in [7, 11) is -3.47. The lowest BCUT2D eigenvalue weighted by Gasteiger charge is -2.35. The van der Waals surface area contributed by atoms with Gasteiger partial charge in [-0.3, -0.25) is 4.31 Å². The molecule has 1 saturated heterocycles. The normalized spacial score (nSPS) is 24.3. The molecule has 0 bridgehead atoms. The Balaban J connectivity index is 1.86. The molecule has 0 saturated carbocycles. The van der Waals surface area contributed by atoms with Gasteiger partial charge >= 0.3 is 10.2 Å². The third-order valence-corrected chi connectivity index (χ3v) is 6.62. The van der Waals surface area contributed by atoms with E-state index in [1.54, 1.807) is 8.61 Å². The van der Waals surface area contributed by atoms with Crippen molar-refractivity contribution in [3.8, 4) is 0 Å². The fourth-order valence-electron chi connectivity index (χ4n) is 3.34. The Morgan fingerprint density at radius 3 is 2.57 bits per heavy atom. The van der Waals surface area contributed by atoms with Gasteiger partial charge in [-0.1, -0.05) is 18.2 Å². The van der Waals surface area contributed by atoms with Crippen LogP contribution in [0, 0.1) is 5.92 Å². The Hall–Kier alpha value is -1.11. The predicted molar refractivity (Wildman–Crippen MR) is 82.4 cm³/mol. The van der Waals surface area contributed by atoms with Gasteiger partial charge in [-0.15, -0.1) is 0 Å². The van der Waals surface area contributed by atoms with Crippen molar-refractivity contribution in [2.75, 3.05) is 24.0 Å². The second-order valence-corrected chi connectivity index (χ2v) is 7.82. The second kappa shape index (κ2) is 5.59. The van der Waals surface area contributed by atoms with E-state index >= 15 is 0 Å². The van der Waals surface area contributed by atoms with E-state index in [2.05, 4.69) is 0 Å². The molecule has 1 unspecified atom stereocenters. The maximum atomic E-state index is 12.9. The molecule has 0 aliphatic carbocycles. The molecule has 5 nitrogen and oxygen atoms in total. The number of para-hydroxylation sites is 1. The fourth-order valence-corrected chi connectivity index (χ4v) is 5.21. The van der Waals surface area contributed by atoms with Crippen LogP contribution in [0.5, 0.6) is 0 Å². The molecule has 1 atom stereocenters. The van der Waals surface area contributed by atoms with Crippen LogP contribution < -0.4 is 4.31 Å². The monoisotopic (exact) mass is 310 g/mol. The van der Waals surface area contributed by atoms with Gasteiger partial charge in [-0.25, -0.2) is 0 Å². The average Bonchev–Trinajstić information content (AvgIpc) is 2.83. The summed E-state index contributed by atoms with van der Waals surface area (Å²) in [5.74, 6) is 0.236. The Morgan fingerprint density at radius 2 is 1.90 bits per heavy atom. The molecule has 2 aliphatic rings. The molecular formula is C15H22N2O3S. The quantitative estimate of drug-likeness (QED) is 0.917. The van der Waals surface area contributed by atoms with E-state index in [0.717, 1.165) is 30.5 Å². The van der Waals surface area contributed by atoms with Crippen molar-refractivity contribution in [1.29, 1.82) is 0 Å². The van der Waals surface area contributed by atoms with Gasteiger partial charge in [0.05, 0.1) is 5.69 Å². The number of aliphatic hydroxyl groups excluding tert-OH is 1. The van der Waals surface area contributed by atoms with Crippen LogP contribution in [0.4, 0.5) is 5.69 Å². The zero-order chi connectivity index (χ0) is 15.0. The second-order valence-electron chi connectivity index (χ2n) is 6.01. The summed E-state index contributed by atoms with van der Waals surface area (Å²) in [5, 5.41) is 9.19. The largest absolute Gasteiger partial charge is 0.396 e. The molecule has 116 valence electrons. The van der Waals surface area contributed by atoms with Crippen molar-refractivity contribution in [3.63, 3.8) is 0 Å². The van der Waals surface area contributed by atoms with E-state index in [1.807, 2.05) is 31.2 Å². The van der Waals surface area contributed by atoms with Gasteiger partial charge in [-0.2, -0.15) is 12.7 Å². The van der Waals surface area contributed by atoms with Crippen LogP contribution in [0.15, 0.2) is 24.3 Å². The van der Waals surface area contributed by atoms with Crippen molar-refractivity contribution in [3.05, 3.63) is 29.8 Å². The van der Waals surface area contributed by atoms with Crippen LogP contribution in [-0.4, -0.2) is 43.6 Å². The number of rotatable bonds is 3. The minimum atomic E-state index is -3.47. The third kappa shape index (κ3) is 2.56. The summed E-state index contributed by atoms with van der Waals surface area (Å²) in [6, 6.07) is 7.69. The molecule has 0 aromatic heterocycles. The number of aliphatic hydroxyl groups is 1. The number of piperidine rings is 1. The highest BCUT2D eigenvalue weighted by atomic mass is 32.2. The first-order chi connectivity index (χ1) is 10.0. The van der Waals surface area contributed by atoms with Crippen LogP contribution in [0.1, 0.15) is 25.3 Å². The van der Waals surface area contributed by atoms with Crippen LogP contribution in [0.2, 0.25) is 0 Å². The number of benzene rings is 1. The molecule has 0 spiro atoms. The fraction of sp³-hybridized carbons (Fsp3) is 0.600. The van der Waals surface area contributed by atoms with Crippen LogP contribution in [-0.2, 0) is 16.6 Å². The number of nitrogens with zero attached hydrogens (tertiary/aromatic N) is 2. The summed E-state index contributed by atoms with van der Waals surface area (Å²) >= 11 is 0. The summed E-state index contributed by atoms with van der Waals surface area (Å²) in [6.45, 7) is 3.10. The zero-order valence-electron chi connectivity index (χ0n) is 12.3. The summed E-state index contributed by atoms with van der Waals surface area (Å²) in [5.41, 5.74) is 1.91. The molecule has 21 heavy (non-hydrogen) atoms. The van der Waals surface area contributed by atoms with E-state index in [0.29, 0.717) is 13.1 Å². The molecule has 2 aliphatic heterocycles. The van der Waals surface area contributed by atoms with Crippen LogP contribution in [0.25, 0.3) is 0 Å². The number of fused-ring (bicyclic) bond motifs is 1. The van der Waals surface area contributed by atoms with E-state index in [4.69, 9.17) is 0 Å². The maximum Gasteiger partial charge on any atom is 0.304 e. The highest BCUT2D eigenvalue weighted by Crippen LogP contribution is 2.36. The summed E-state index contributed by atoms with van der Waals surface area (Å²) < 4.78 is 29.0. The number of hydrogen-bond donors (Lipinski definition) is 1. The van der Waals surface area contributed by atoms with Gasteiger partial charge in [0.25, 0.3) is 0 Å². The minimum absolute atomic E-state index is 0.0389. The van der Waals surface area contributed by atoms with Gasteiger partial charge in [0.15, 0.2) is 0 Å². The van der Waals surface area contributed by atoms with E-state index in [-0.39, 0.29) is 18.6 Å². The Kier molecular flexibility index (Phi) is 3.94. The van der Waals surface area contributed by atoms with Gasteiger partial charge in [0, 0.05) is 25.7 Å². The van der Waals surface area contributed by atoms with Crippen molar-refractivity contribution in [1.82, 2.24) is 4.31 Å². The Labute approximate surface area is 126 Å². The van der Waals surface area contributed by atoms with E-state index in [1.165, 1.54) is 0 Å². The molecule has 1 aromatic rings. The highest BCUT2D eigenvalue weighted by Gasteiger charge is 2.39. The Morgan fingerprint density at radius 1 is 1.24 bits per heavy atom. The Bertz CT molecular complexity index is 609. The van der Waals surface area contributed by atoms with Crippen molar-refractivity contribution < 1.29 is 13.5 Å². The van der Waals surface area contributed by atoms with E-state index < -0.39 is 10.2 Å². The maximum absolute atomic E-state index is 12.9. The zero-order valence-corrected chi connectivity index (χ0v) is 13.1. The lowest BCUT2D eigenvalue weighted by atomic mass is 10.00. The third-order valence-electron chi connectivity index (χ3n) is 4.55. The smallest absolute Gasteiger partial charge is 0.304 e. The van der Waals surface area contributed by atoms with Gasteiger partial charge < -0.3 is 5.11 Å². The standard InChI is InChI=1S/C15H22N2O3S/c1-12-10-14-4-2-3-5-15(14)17(12)21(19,20)16-8-6-13(11-18)7-9-16/h2-5,12-13,18H,6-11H2,1H3. The van der Waals surface area contributed by atoms with Crippen molar-refractivity contribution in [2.45, 2.75) is 32.2 Å². The molecule has 3 rings (SSSR count). The molecule has 0 amide bonds. The molecule has 1 fully saturated rings. The van der Waals surface area contributed by atoms with Gasteiger partial charge in [-0.05, 0) is 43.7 Å².